The number of anilines is 1. The number of amides is 1. The lowest BCUT2D eigenvalue weighted by molar-refractivity contribution is -0.123. The van der Waals surface area contributed by atoms with E-state index in [4.69, 9.17) is 13.9 Å². The number of carbonyl (C=O) groups excluding carboxylic acids is 2. The van der Waals surface area contributed by atoms with Crippen molar-refractivity contribution in [3.8, 4) is 5.75 Å². The van der Waals surface area contributed by atoms with E-state index < -0.39 is 18.0 Å². The third-order valence-corrected chi connectivity index (χ3v) is 3.68. The van der Waals surface area contributed by atoms with E-state index in [0.717, 1.165) is 0 Å². The Morgan fingerprint density at radius 1 is 1.19 bits per heavy atom. The van der Waals surface area contributed by atoms with E-state index in [2.05, 4.69) is 10.3 Å². The van der Waals surface area contributed by atoms with Gasteiger partial charge in [-0.3, -0.25) is 4.79 Å². The van der Waals surface area contributed by atoms with Gasteiger partial charge in [-0.1, -0.05) is 18.2 Å². The standard InChI is InChI=1S/C19H18N2O5/c1-3-24-15-9-5-4-8-14(15)21-18(22)12(2)26-19(23)13-7-6-10-16-17(13)20-11-25-16/h4-12H,3H2,1-2H3,(H,21,22). The van der Waals surface area contributed by atoms with Gasteiger partial charge in [0.1, 0.15) is 11.3 Å². The van der Waals surface area contributed by atoms with Gasteiger partial charge in [0.05, 0.1) is 17.9 Å². The van der Waals surface area contributed by atoms with Crippen LogP contribution in [0.5, 0.6) is 5.75 Å². The number of nitrogens with zero attached hydrogens (tertiary/aromatic N) is 1. The molecule has 0 bridgehead atoms. The van der Waals surface area contributed by atoms with Crippen molar-refractivity contribution >= 4 is 28.7 Å². The Kier molecular flexibility index (Phi) is 5.17. The van der Waals surface area contributed by atoms with Crippen LogP contribution in [0.15, 0.2) is 53.3 Å². The summed E-state index contributed by atoms with van der Waals surface area (Å²) in [5.74, 6) is -0.558. The molecule has 3 rings (SSSR count). The minimum Gasteiger partial charge on any atom is -0.492 e. The van der Waals surface area contributed by atoms with Gasteiger partial charge in [0.25, 0.3) is 5.91 Å². The molecule has 0 aliphatic heterocycles. The highest BCUT2D eigenvalue weighted by atomic mass is 16.5. The smallest absolute Gasteiger partial charge is 0.341 e. The summed E-state index contributed by atoms with van der Waals surface area (Å²) in [6.45, 7) is 3.83. The second-order valence-electron chi connectivity index (χ2n) is 5.47. The van der Waals surface area contributed by atoms with Crippen LogP contribution in [-0.4, -0.2) is 29.6 Å². The van der Waals surface area contributed by atoms with E-state index in [1.807, 2.05) is 13.0 Å². The predicted molar refractivity (Wildman–Crippen MR) is 95.1 cm³/mol. The van der Waals surface area contributed by atoms with Crippen LogP contribution in [0.25, 0.3) is 11.1 Å². The second kappa shape index (κ2) is 7.69. The zero-order valence-corrected chi connectivity index (χ0v) is 14.4. The normalized spacial score (nSPS) is 11.8. The van der Waals surface area contributed by atoms with E-state index in [-0.39, 0.29) is 5.56 Å². The third-order valence-electron chi connectivity index (χ3n) is 3.68. The molecule has 0 radical (unpaired) electrons. The maximum Gasteiger partial charge on any atom is 0.341 e. The maximum atomic E-state index is 12.4. The van der Waals surface area contributed by atoms with Crippen molar-refractivity contribution in [1.29, 1.82) is 0 Å². The molecule has 1 unspecified atom stereocenters. The fraction of sp³-hybridized carbons (Fsp3) is 0.211. The number of hydrogen-bond donors (Lipinski definition) is 1. The van der Waals surface area contributed by atoms with Crippen molar-refractivity contribution in [2.45, 2.75) is 20.0 Å². The van der Waals surface area contributed by atoms with Crippen molar-refractivity contribution < 1.29 is 23.5 Å². The molecule has 0 saturated carbocycles. The number of hydrogen-bond acceptors (Lipinski definition) is 6. The molecule has 1 atom stereocenters. The number of oxazole rings is 1. The van der Waals surface area contributed by atoms with Gasteiger partial charge in [-0.05, 0) is 38.1 Å². The SMILES string of the molecule is CCOc1ccccc1NC(=O)C(C)OC(=O)c1cccc2ocnc12. The summed E-state index contributed by atoms with van der Waals surface area (Å²) < 4.78 is 15.9. The number of rotatable bonds is 6. The summed E-state index contributed by atoms with van der Waals surface area (Å²) in [4.78, 5) is 28.8. The van der Waals surface area contributed by atoms with E-state index in [9.17, 15) is 9.59 Å². The number of nitrogens with one attached hydrogen (secondary N) is 1. The van der Waals surface area contributed by atoms with Gasteiger partial charge in [0.15, 0.2) is 18.1 Å². The van der Waals surface area contributed by atoms with E-state index >= 15 is 0 Å². The molecular formula is C19H18N2O5. The first-order valence-electron chi connectivity index (χ1n) is 8.16. The number of fused-ring (bicyclic) bond motifs is 1. The first-order valence-corrected chi connectivity index (χ1v) is 8.16. The van der Waals surface area contributed by atoms with Gasteiger partial charge in [-0.15, -0.1) is 0 Å². The fourth-order valence-corrected chi connectivity index (χ4v) is 2.41. The maximum absolute atomic E-state index is 12.4. The van der Waals surface area contributed by atoms with Crippen LogP contribution in [0.3, 0.4) is 0 Å². The number of ether oxygens (including phenoxy) is 2. The average Bonchev–Trinajstić information content (AvgIpc) is 3.12. The summed E-state index contributed by atoms with van der Waals surface area (Å²) in [5.41, 5.74) is 1.63. The molecule has 134 valence electrons. The second-order valence-corrected chi connectivity index (χ2v) is 5.47. The Balaban J connectivity index is 1.70. The topological polar surface area (TPSA) is 90.7 Å². The van der Waals surface area contributed by atoms with E-state index in [0.29, 0.717) is 29.1 Å². The number of carbonyl (C=O) groups is 2. The fourth-order valence-electron chi connectivity index (χ4n) is 2.41. The van der Waals surface area contributed by atoms with Gasteiger partial charge in [0.2, 0.25) is 0 Å². The number of para-hydroxylation sites is 3. The monoisotopic (exact) mass is 354 g/mol. The van der Waals surface area contributed by atoms with Crippen molar-refractivity contribution in [2.24, 2.45) is 0 Å². The summed E-state index contributed by atoms with van der Waals surface area (Å²) in [6, 6.07) is 12.0. The Bertz CT molecular complexity index is 934. The van der Waals surface area contributed by atoms with E-state index in [1.54, 1.807) is 36.4 Å². The van der Waals surface area contributed by atoms with Crippen LogP contribution >= 0.6 is 0 Å². The van der Waals surface area contributed by atoms with Crippen LogP contribution < -0.4 is 10.1 Å². The Hall–Kier alpha value is -3.35. The van der Waals surface area contributed by atoms with Crippen molar-refractivity contribution in [3.63, 3.8) is 0 Å². The average molecular weight is 354 g/mol. The summed E-state index contributed by atoms with van der Waals surface area (Å²) >= 11 is 0. The highest BCUT2D eigenvalue weighted by molar-refractivity contribution is 6.03. The quantitative estimate of drug-likeness (QED) is 0.682. The summed E-state index contributed by atoms with van der Waals surface area (Å²) in [7, 11) is 0. The Morgan fingerprint density at radius 3 is 2.81 bits per heavy atom. The largest absolute Gasteiger partial charge is 0.492 e. The summed E-state index contributed by atoms with van der Waals surface area (Å²) in [6.07, 6.45) is 0.252. The number of aromatic nitrogens is 1. The molecule has 26 heavy (non-hydrogen) atoms. The molecule has 7 nitrogen and oxygen atoms in total. The van der Waals surface area contributed by atoms with Crippen LogP contribution in [0.4, 0.5) is 5.69 Å². The van der Waals surface area contributed by atoms with Gasteiger partial charge >= 0.3 is 5.97 Å². The molecule has 1 amide bonds. The van der Waals surface area contributed by atoms with Crippen LogP contribution in [0, 0.1) is 0 Å². The molecule has 1 aromatic heterocycles. The minimum atomic E-state index is -1.00. The van der Waals surface area contributed by atoms with Crippen molar-refractivity contribution in [1.82, 2.24) is 4.98 Å². The molecule has 0 fully saturated rings. The first kappa shape index (κ1) is 17.5. The number of esters is 1. The molecular weight excluding hydrogens is 336 g/mol. The molecule has 1 heterocycles. The number of benzene rings is 2. The first-order chi connectivity index (χ1) is 12.6. The lowest BCUT2D eigenvalue weighted by atomic mass is 10.2. The molecule has 0 aliphatic carbocycles. The van der Waals surface area contributed by atoms with Gasteiger partial charge in [0, 0.05) is 0 Å². The lowest BCUT2D eigenvalue weighted by Crippen LogP contribution is -2.30. The van der Waals surface area contributed by atoms with Gasteiger partial charge in [-0.25, -0.2) is 9.78 Å². The minimum absolute atomic E-state index is 0.241. The molecule has 2 aromatic carbocycles. The van der Waals surface area contributed by atoms with Crippen molar-refractivity contribution in [3.05, 3.63) is 54.4 Å². The van der Waals surface area contributed by atoms with Gasteiger partial charge in [-0.2, -0.15) is 0 Å². The molecule has 0 spiro atoms. The zero-order chi connectivity index (χ0) is 18.5. The van der Waals surface area contributed by atoms with Crippen molar-refractivity contribution in [2.75, 3.05) is 11.9 Å². The zero-order valence-electron chi connectivity index (χ0n) is 14.4. The third kappa shape index (κ3) is 3.66. The molecule has 7 heteroatoms. The van der Waals surface area contributed by atoms with Crippen LogP contribution in [0.1, 0.15) is 24.2 Å². The van der Waals surface area contributed by atoms with Crippen LogP contribution in [0.2, 0.25) is 0 Å². The highest BCUT2D eigenvalue weighted by Gasteiger charge is 2.22. The molecule has 0 aliphatic rings. The Labute approximate surface area is 149 Å². The van der Waals surface area contributed by atoms with Gasteiger partial charge < -0.3 is 19.2 Å². The van der Waals surface area contributed by atoms with Crippen LogP contribution in [-0.2, 0) is 9.53 Å². The molecule has 3 aromatic rings. The predicted octanol–water partition coefficient (Wildman–Crippen LogP) is 3.41. The molecule has 0 saturated heterocycles. The lowest BCUT2D eigenvalue weighted by Gasteiger charge is -2.15. The van der Waals surface area contributed by atoms with E-state index in [1.165, 1.54) is 13.3 Å². The summed E-state index contributed by atoms with van der Waals surface area (Å²) in [5, 5.41) is 2.71. The Morgan fingerprint density at radius 2 is 2.00 bits per heavy atom. The molecule has 1 N–H and O–H groups in total. The highest BCUT2D eigenvalue weighted by Crippen LogP contribution is 2.24.